The first-order valence-electron chi connectivity index (χ1n) is 7.42. The first kappa shape index (κ1) is 12.8. The molecule has 1 aliphatic carbocycles. The van der Waals surface area contributed by atoms with Gasteiger partial charge in [0.15, 0.2) is 0 Å². The Morgan fingerprint density at radius 3 is 2.67 bits per heavy atom. The van der Waals surface area contributed by atoms with Gasteiger partial charge in [0.05, 0.1) is 13.2 Å². The van der Waals surface area contributed by atoms with Crippen LogP contribution in [0.1, 0.15) is 32.6 Å². The highest BCUT2D eigenvalue weighted by molar-refractivity contribution is 5.03. The Hall–Kier alpha value is -0.190. The van der Waals surface area contributed by atoms with Crippen molar-refractivity contribution in [1.82, 2.24) is 10.2 Å². The van der Waals surface area contributed by atoms with Crippen LogP contribution in [0.15, 0.2) is 0 Å². The van der Waals surface area contributed by atoms with Crippen LogP contribution in [0.4, 0.5) is 4.39 Å². The number of alkyl halides is 1. The molecule has 18 heavy (non-hydrogen) atoms. The standard InChI is InChI=1S/C14H25FN2O/c1-2-5-16-13-4-3-11(6-12(13)15)17-7-14(8-17)9-18-10-14/h11-13,16H,2-10H2,1H3. The first-order valence-corrected chi connectivity index (χ1v) is 7.42. The first-order chi connectivity index (χ1) is 8.72. The Morgan fingerprint density at radius 2 is 2.11 bits per heavy atom. The molecule has 0 aromatic carbocycles. The van der Waals surface area contributed by atoms with Crippen molar-refractivity contribution in [2.45, 2.75) is 50.9 Å². The lowest BCUT2D eigenvalue weighted by molar-refractivity contribution is -0.202. The van der Waals surface area contributed by atoms with E-state index < -0.39 is 6.17 Å². The predicted molar refractivity (Wildman–Crippen MR) is 69.4 cm³/mol. The Balaban J connectivity index is 1.44. The van der Waals surface area contributed by atoms with E-state index in [1.807, 2.05) is 0 Å². The van der Waals surface area contributed by atoms with Crippen LogP contribution in [-0.2, 0) is 4.74 Å². The summed E-state index contributed by atoms with van der Waals surface area (Å²) in [5.41, 5.74) is 0.461. The van der Waals surface area contributed by atoms with Crippen molar-refractivity contribution >= 4 is 0 Å². The maximum atomic E-state index is 14.1. The van der Waals surface area contributed by atoms with E-state index in [9.17, 15) is 4.39 Å². The average Bonchev–Trinajstić information content (AvgIpc) is 2.24. The van der Waals surface area contributed by atoms with Crippen molar-refractivity contribution in [3.8, 4) is 0 Å². The second-order valence-electron chi connectivity index (χ2n) is 6.44. The van der Waals surface area contributed by atoms with Crippen molar-refractivity contribution in [3.05, 3.63) is 0 Å². The summed E-state index contributed by atoms with van der Waals surface area (Å²) in [5, 5.41) is 3.34. The summed E-state index contributed by atoms with van der Waals surface area (Å²) in [5.74, 6) is 0. The molecule has 4 heteroatoms. The summed E-state index contributed by atoms with van der Waals surface area (Å²) in [6.07, 6.45) is 3.29. The van der Waals surface area contributed by atoms with E-state index in [1.165, 1.54) is 0 Å². The van der Waals surface area contributed by atoms with Crippen LogP contribution in [0.25, 0.3) is 0 Å². The molecule has 2 heterocycles. The van der Waals surface area contributed by atoms with E-state index in [1.54, 1.807) is 0 Å². The van der Waals surface area contributed by atoms with Gasteiger partial charge in [0.25, 0.3) is 0 Å². The number of halogens is 1. The van der Waals surface area contributed by atoms with Crippen LogP contribution in [0.2, 0.25) is 0 Å². The summed E-state index contributed by atoms with van der Waals surface area (Å²) in [6, 6.07) is 0.578. The van der Waals surface area contributed by atoms with E-state index in [0.29, 0.717) is 11.5 Å². The van der Waals surface area contributed by atoms with Gasteiger partial charge in [-0.1, -0.05) is 6.92 Å². The summed E-state index contributed by atoms with van der Waals surface area (Å²) >= 11 is 0. The Labute approximate surface area is 109 Å². The maximum absolute atomic E-state index is 14.1. The van der Waals surface area contributed by atoms with Gasteiger partial charge in [-0.25, -0.2) is 4.39 Å². The fourth-order valence-electron chi connectivity index (χ4n) is 3.63. The molecule has 3 nitrogen and oxygen atoms in total. The quantitative estimate of drug-likeness (QED) is 0.826. The number of nitrogens with one attached hydrogen (secondary N) is 1. The minimum atomic E-state index is -0.663. The maximum Gasteiger partial charge on any atom is 0.117 e. The van der Waals surface area contributed by atoms with E-state index in [2.05, 4.69) is 17.1 Å². The molecule has 0 aromatic heterocycles. The van der Waals surface area contributed by atoms with Crippen molar-refractivity contribution in [2.24, 2.45) is 5.41 Å². The Kier molecular flexibility index (Phi) is 3.61. The molecule has 1 spiro atoms. The lowest BCUT2D eigenvalue weighted by Crippen LogP contribution is -2.68. The van der Waals surface area contributed by atoms with Crippen LogP contribution in [0.3, 0.4) is 0 Å². The molecule has 3 aliphatic rings. The van der Waals surface area contributed by atoms with Gasteiger partial charge in [0.2, 0.25) is 0 Å². The highest BCUT2D eigenvalue weighted by Gasteiger charge is 2.51. The summed E-state index contributed by atoms with van der Waals surface area (Å²) in [4.78, 5) is 2.48. The van der Waals surface area contributed by atoms with Gasteiger partial charge in [-0.2, -0.15) is 0 Å². The number of hydrogen-bond donors (Lipinski definition) is 1. The summed E-state index contributed by atoms with van der Waals surface area (Å²) in [6.45, 7) is 7.20. The summed E-state index contributed by atoms with van der Waals surface area (Å²) < 4.78 is 19.4. The zero-order valence-corrected chi connectivity index (χ0v) is 11.3. The van der Waals surface area contributed by atoms with Crippen molar-refractivity contribution < 1.29 is 9.13 Å². The van der Waals surface area contributed by atoms with Gasteiger partial charge in [-0.05, 0) is 32.2 Å². The zero-order chi connectivity index (χ0) is 12.6. The molecule has 1 saturated carbocycles. The van der Waals surface area contributed by atoms with Crippen LogP contribution in [0.5, 0.6) is 0 Å². The van der Waals surface area contributed by atoms with Gasteiger partial charge >= 0.3 is 0 Å². The number of nitrogens with zero attached hydrogens (tertiary/aromatic N) is 1. The average molecular weight is 256 g/mol. The molecular weight excluding hydrogens is 231 g/mol. The highest BCUT2D eigenvalue weighted by Crippen LogP contribution is 2.41. The molecule has 2 aliphatic heterocycles. The molecule has 1 N–H and O–H groups in total. The highest BCUT2D eigenvalue weighted by atomic mass is 19.1. The molecule has 0 bridgehead atoms. The molecule has 3 rings (SSSR count). The van der Waals surface area contributed by atoms with Crippen molar-refractivity contribution in [3.63, 3.8) is 0 Å². The van der Waals surface area contributed by atoms with Crippen molar-refractivity contribution in [2.75, 3.05) is 32.8 Å². The molecule has 3 atom stereocenters. The second kappa shape index (κ2) is 5.06. The number of hydrogen-bond acceptors (Lipinski definition) is 3. The lowest BCUT2D eigenvalue weighted by Gasteiger charge is -2.58. The van der Waals surface area contributed by atoms with E-state index >= 15 is 0 Å². The lowest BCUT2D eigenvalue weighted by atomic mass is 9.75. The molecule has 0 amide bonds. The van der Waals surface area contributed by atoms with Crippen molar-refractivity contribution in [1.29, 1.82) is 0 Å². The van der Waals surface area contributed by atoms with Crippen LogP contribution >= 0.6 is 0 Å². The molecule has 2 saturated heterocycles. The number of rotatable bonds is 4. The van der Waals surface area contributed by atoms with E-state index in [0.717, 1.165) is 58.5 Å². The molecular formula is C14H25FN2O. The van der Waals surface area contributed by atoms with Gasteiger partial charge < -0.3 is 10.1 Å². The molecule has 3 fully saturated rings. The number of ether oxygens (including phenoxy) is 1. The number of likely N-dealkylation sites (tertiary alicyclic amines) is 1. The minimum absolute atomic E-state index is 0.100. The van der Waals surface area contributed by atoms with Crippen LogP contribution in [0, 0.1) is 5.41 Å². The van der Waals surface area contributed by atoms with E-state index in [-0.39, 0.29) is 6.04 Å². The summed E-state index contributed by atoms with van der Waals surface area (Å²) in [7, 11) is 0. The molecule has 0 aromatic rings. The minimum Gasteiger partial charge on any atom is -0.380 e. The fourth-order valence-corrected chi connectivity index (χ4v) is 3.63. The zero-order valence-electron chi connectivity index (χ0n) is 11.3. The van der Waals surface area contributed by atoms with Crippen LogP contribution < -0.4 is 5.32 Å². The van der Waals surface area contributed by atoms with Gasteiger partial charge in [0, 0.05) is 30.6 Å². The Bertz CT molecular complexity index is 288. The largest absolute Gasteiger partial charge is 0.380 e. The van der Waals surface area contributed by atoms with Gasteiger partial charge in [-0.15, -0.1) is 0 Å². The third kappa shape index (κ3) is 2.30. The monoisotopic (exact) mass is 256 g/mol. The normalized spacial score (nSPS) is 39.3. The van der Waals surface area contributed by atoms with Crippen LogP contribution in [-0.4, -0.2) is 56.0 Å². The SMILES string of the molecule is CCCNC1CCC(N2CC3(COC3)C2)CC1F. The van der Waals surface area contributed by atoms with Gasteiger partial charge in [0.1, 0.15) is 6.17 Å². The predicted octanol–water partition coefficient (Wildman–Crippen LogP) is 1.58. The Morgan fingerprint density at radius 1 is 1.33 bits per heavy atom. The molecule has 104 valence electrons. The smallest absolute Gasteiger partial charge is 0.117 e. The third-order valence-electron chi connectivity index (χ3n) is 4.81. The second-order valence-corrected chi connectivity index (χ2v) is 6.44. The molecule has 3 unspecified atom stereocenters. The third-order valence-corrected chi connectivity index (χ3v) is 4.81. The fraction of sp³-hybridized carbons (Fsp3) is 1.00. The van der Waals surface area contributed by atoms with Gasteiger partial charge in [-0.3, -0.25) is 4.90 Å². The van der Waals surface area contributed by atoms with E-state index in [4.69, 9.17) is 4.74 Å². The molecule has 0 radical (unpaired) electrons. The topological polar surface area (TPSA) is 24.5 Å².